The van der Waals surface area contributed by atoms with Gasteiger partial charge in [0.25, 0.3) is 5.91 Å². The van der Waals surface area contributed by atoms with Gasteiger partial charge >= 0.3 is 5.97 Å². The first kappa shape index (κ1) is 12.2. The highest BCUT2D eigenvalue weighted by molar-refractivity contribution is 5.90. The van der Waals surface area contributed by atoms with E-state index in [0.717, 1.165) is 0 Å². The quantitative estimate of drug-likeness (QED) is 0.730. The average Bonchev–Trinajstić information content (AvgIpc) is 2.68. The maximum Gasteiger partial charge on any atom is 0.357 e. The van der Waals surface area contributed by atoms with Crippen LogP contribution in [0.1, 0.15) is 31.3 Å². The number of H-pyrrole nitrogens is 1. The zero-order valence-corrected chi connectivity index (χ0v) is 9.48. The van der Waals surface area contributed by atoms with E-state index in [-0.39, 0.29) is 17.6 Å². The van der Waals surface area contributed by atoms with E-state index in [9.17, 15) is 9.59 Å². The van der Waals surface area contributed by atoms with Gasteiger partial charge in [-0.15, -0.1) is 0 Å². The Morgan fingerprint density at radius 3 is 2.62 bits per heavy atom. The fraction of sp³-hybridized carbons (Fsp3) is 0.500. The smallest absolute Gasteiger partial charge is 0.357 e. The fourth-order valence-electron chi connectivity index (χ4n) is 1.05. The summed E-state index contributed by atoms with van der Waals surface area (Å²) in [5.74, 6) is -0.910. The highest BCUT2D eigenvalue weighted by Crippen LogP contribution is 2.00. The number of nitrogens with zero attached hydrogens (tertiary/aromatic N) is 1. The number of carbonyl (C=O) groups is 2. The van der Waals surface area contributed by atoms with Gasteiger partial charge < -0.3 is 10.1 Å². The van der Waals surface area contributed by atoms with Crippen LogP contribution in [0, 0.1) is 0 Å². The zero-order valence-electron chi connectivity index (χ0n) is 9.48. The second-order valence-corrected chi connectivity index (χ2v) is 3.68. The van der Waals surface area contributed by atoms with E-state index >= 15 is 0 Å². The highest BCUT2D eigenvalue weighted by Gasteiger charge is 2.19. The van der Waals surface area contributed by atoms with Gasteiger partial charge in [-0.1, -0.05) is 0 Å². The van der Waals surface area contributed by atoms with Gasteiger partial charge in [0.2, 0.25) is 0 Å². The highest BCUT2D eigenvalue weighted by atomic mass is 16.5. The van der Waals surface area contributed by atoms with E-state index < -0.39 is 12.1 Å². The van der Waals surface area contributed by atoms with Gasteiger partial charge in [0.1, 0.15) is 5.69 Å². The largest absolute Gasteiger partial charge is 0.448 e. The Kier molecular flexibility index (Phi) is 4.04. The molecule has 1 amide bonds. The summed E-state index contributed by atoms with van der Waals surface area (Å²) in [5.41, 5.74) is 0.226. The van der Waals surface area contributed by atoms with Gasteiger partial charge in [-0.2, -0.15) is 5.10 Å². The molecule has 1 aromatic rings. The molecule has 0 fully saturated rings. The Labute approximate surface area is 93.4 Å². The molecule has 0 spiro atoms. The van der Waals surface area contributed by atoms with E-state index in [0.29, 0.717) is 0 Å². The summed E-state index contributed by atoms with van der Waals surface area (Å²) < 4.78 is 4.94. The number of esters is 1. The zero-order chi connectivity index (χ0) is 12.1. The van der Waals surface area contributed by atoms with Crippen molar-refractivity contribution in [2.24, 2.45) is 0 Å². The molecule has 0 aliphatic carbocycles. The lowest BCUT2D eigenvalue weighted by molar-refractivity contribution is -0.129. The van der Waals surface area contributed by atoms with Crippen molar-refractivity contribution in [3.63, 3.8) is 0 Å². The fourth-order valence-corrected chi connectivity index (χ4v) is 1.05. The summed E-state index contributed by atoms with van der Waals surface area (Å²) in [4.78, 5) is 22.9. The minimum absolute atomic E-state index is 0.0146. The lowest BCUT2D eigenvalue weighted by atomic mass is 10.3. The number of hydrogen-bond acceptors (Lipinski definition) is 4. The Balaban J connectivity index is 2.48. The minimum Gasteiger partial charge on any atom is -0.448 e. The van der Waals surface area contributed by atoms with E-state index in [4.69, 9.17) is 4.74 Å². The predicted octanol–water partition coefficient (Wildman–Crippen LogP) is 0.480. The number of amides is 1. The van der Waals surface area contributed by atoms with Gasteiger partial charge in [-0.05, 0) is 26.8 Å². The topological polar surface area (TPSA) is 84.1 Å². The van der Waals surface area contributed by atoms with E-state index in [2.05, 4.69) is 15.5 Å². The second kappa shape index (κ2) is 5.29. The number of nitrogens with one attached hydrogen (secondary N) is 2. The van der Waals surface area contributed by atoms with Gasteiger partial charge in [0.05, 0.1) is 0 Å². The molecule has 16 heavy (non-hydrogen) atoms. The molecule has 0 radical (unpaired) electrons. The molecule has 2 N–H and O–H groups in total. The number of aromatic nitrogens is 2. The Morgan fingerprint density at radius 1 is 1.44 bits per heavy atom. The standard InChI is InChI=1S/C10H15N3O3/c1-6(2)12-9(14)7(3)16-10(15)8-4-5-11-13-8/h4-7H,1-3H3,(H,11,13)(H,12,14). The van der Waals surface area contributed by atoms with Crippen molar-refractivity contribution in [2.45, 2.75) is 32.9 Å². The molecular formula is C10H15N3O3. The van der Waals surface area contributed by atoms with Crippen molar-refractivity contribution in [1.29, 1.82) is 0 Å². The normalized spacial score (nSPS) is 12.2. The van der Waals surface area contributed by atoms with Crippen LogP contribution in [-0.4, -0.2) is 34.2 Å². The van der Waals surface area contributed by atoms with Crippen LogP contribution in [0.15, 0.2) is 12.3 Å². The van der Waals surface area contributed by atoms with Gasteiger partial charge in [-0.25, -0.2) is 4.79 Å². The molecule has 0 saturated carbocycles. The number of hydrogen-bond donors (Lipinski definition) is 2. The molecule has 1 aromatic heterocycles. The summed E-state index contributed by atoms with van der Waals surface area (Å²) in [7, 11) is 0. The monoisotopic (exact) mass is 225 g/mol. The Hall–Kier alpha value is -1.85. The molecule has 0 saturated heterocycles. The first-order chi connectivity index (χ1) is 7.50. The van der Waals surface area contributed by atoms with Crippen LogP contribution in [-0.2, 0) is 9.53 Å². The van der Waals surface area contributed by atoms with Crippen LogP contribution in [0.2, 0.25) is 0 Å². The summed E-state index contributed by atoms with van der Waals surface area (Å²) in [5, 5.41) is 8.73. The van der Waals surface area contributed by atoms with Crippen LogP contribution in [0.5, 0.6) is 0 Å². The maximum absolute atomic E-state index is 11.4. The SMILES string of the molecule is CC(C)NC(=O)C(C)OC(=O)c1ccn[nH]1. The van der Waals surface area contributed by atoms with Gasteiger partial charge in [0, 0.05) is 12.2 Å². The van der Waals surface area contributed by atoms with Crippen molar-refractivity contribution in [3.8, 4) is 0 Å². The summed E-state index contributed by atoms with van der Waals surface area (Å²) in [6.07, 6.45) is 0.619. The first-order valence-electron chi connectivity index (χ1n) is 5.01. The summed E-state index contributed by atoms with van der Waals surface area (Å²) >= 11 is 0. The molecule has 6 heteroatoms. The maximum atomic E-state index is 11.4. The number of ether oxygens (including phenoxy) is 1. The predicted molar refractivity (Wildman–Crippen MR) is 56.7 cm³/mol. The van der Waals surface area contributed by atoms with E-state index in [1.54, 1.807) is 0 Å². The molecule has 0 aliphatic heterocycles. The lowest BCUT2D eigenvalue weighted by Gasteiger charge is -2.14. The first-order valence-corrected chi connectivity index (χ1v) is 5.01. The van der Waals surface area contributed by atoms with Gasteiger partial charge in [0.15, 0.2) is 6.10 Å². The number of rotatable bonds is 4. The van der Waals surface area contributed by atoms with Crippen LogP contribution in [0.4, 0.5) is 0 Å². The average molecular weight is 225 g/mol. The Bertz CT molecular complexity index is 359. The number of carbonyl (C=O) groups excluding carboxylic acids is 2. The minimum atomic E-state index is -0.821. The third-order valence-corrected chi connectivity index (χ3v) is 1.80. The molecule has 1 heterocycles. The van der Waals surface area contributed by atoms with Crippen molar-refractivity contribution in [2.75, 3.05) is 0 Å². The van der Waals surface area contributed by atoms with Crippen molar-refractivity contribution >= 4 is 11.9 Å². The second-order valence-electron chi connectivity index (χ2n) is 3.68. The lowest BCUT2D eigenvalue weighted by Crippen LogP contribution is -2.39. The molecule has 1 rings (SSSR count). The van der Waals surface area contributed by atoms with Crippen LogP contribution < -0.4 is 5.32 Å². The van der Waals surface area contributed by atoms with Crippen molar-refractivity contribution in [1.82, 2.24) is 15.5 Å². The summed E-state index contributed by atoms with van der Waals surface area (Å²) in [6.45, 7) is 5.19. The molecule has 0 aliphatic rings. The molecule has 1 unspecified atom stereocenters. The Morgan fingerprint density at radius 2 is 2.12 bits per heavy atom. The van der Waals surface area contributed by atoms with Crippen LogP contribution >= 0.6 is 0 Å². The molecule has 1 atom stereocenters. The van der Waals surface area contributed by atoms with Crippen molar-refractivity contribution in [3.05, 3.63) is 18.0 Å². The van der Waals surface area contributed by atoms with Crippen LogP contribution in [0.3, 0.4) is 0 Å². The van der Waals surface area contributed by atoms with Gasteiger partial charge in [-0.3, -0.25) is 9.89 Å². The third-order valence-electron chi connectivity index (χ3n) is 1.80. The molecular weight excluding hydrogens is 210 g/mol. The third kappa shape index (κ3) is 3.38. The van der Waals surface area contributed by atoms with E-state index in [1.165, 1.54) is 19.2 Å². The molecule has 6 nitrogen and oxygen atoms in total. The molecule has 88 valence electrons. The summed E-state index contributed by atoms with van der Waals surface area (Å²) in [6, 6.07) is 1.50. The van der Waals surface area contributed by atoms with Crippen LogP contribution in [0.25, 0.3) is 0 Å². The number of aromatic amines is 1. The van der Waals surface area contributed by atoms with E-state index in [1.807, 2.05) is 13.8 Å². The molecule has 0 aromatic carbocycles. The molecule has 0 bridgehead atoms. The van der Waals surface area contributed by atoms with Crippen molar-refractivity contribution < 1.29 is 14.3 Å².